The van der Waals surface area contributed by atoms with Crippen molar-refractivity contribution in [2.24, 2.45) is 0 Å². The Kier molecular flexibility index (Phi) is 8.82. The zero-order valence-corrected chi connectivity index (χ0v) is 21.3. The highest BCUT2D eigenvalue weighted by Gasteiger charge is 2.32. The molecule has 36 heavy (non-hydrogen) atoms. The first-order valence-electron chi connectivity index (χ1n) is 11.6. The molecular formula is C27H30FN3O4S. The summed E-state index contributed by atoms with van der Waals surface area (Å²) in [7, 11) is -4.10. The summed E-state index contributed by atoms with van der Waals surface area (Å²) in [6.45, 7) is 4.97. The van der Waals surface area contributed by atoms with E-state index in [4.69, 9.17) is 0 Å². The van der Waals surface area contributed by atoms with Crippen molar-refractivity contribution < 1.29 is 22.4 Å². The van der Waals surface area contributed by atoms with Crippen LogP contribution >= 0.6 is 0 Å². The number of amides is 2. The van der Waals surface area contributed by atoms with Crippen LogP contribution in [-0.2, 0) is 26.2 Å². The van der Waals surface area contributed by atoms with Crippen LogP contribution in [0.25, 0.3) is 0 Å². The maximum Gasteiger partial charge on any atom is 0.264 e. The maximum absolute atomic E-state index is 13.7. The Balaban J connectivity index is 2.02. The van der Waals surface area contributed by atoms with E-state index in [1.54, 1.807) is 63.2 Å². The number of carbonyl (C=O) groups excluding carboxylic acids is 2. The summed E-state index contributed by atoms with van der Waals surface area (Å²) in [4.78, 5) is 27.7. The van der Waals surface area contributed by atoms with E-state index in [0.29, 0.717) is 23.4 Å². The fourth-order valence-electron chi connectivity index (χ4n) is 3.77. The third-order valence-electron chi connectivity index (χ3n) is 5.78. The molecule has 0 aromatic heterocycles. The maximum atomic E-state index is 13.7. The van der Waals surface area contributed by atoms with E-state index in [1.165, 1.54) is 41.3 Å². The Labute approximate surface area is 211 Å². The van der Waals surface area contributed by atoms with Crippen molar-refractivity contribution in [1.29, 1.82) is 0 Å². The molecule has 0 radical (unpaired) electrons. The van der Waals surface area contributed by atoms with Gasteiger partial charge in [0.15, 0.2) is 0 Å². The fourth-order valence-corrected chi connectivity index (χ4v) is 5.27. The monoisotopic (exact) mass is 511 g/mol. The third-order valence-corrected chi connectivity index (χ3v) is 7.55. The van der Waals surface area contributed by atoms with Crippen LogP contribution < -0.4 is 9.62 Å². The number of carbonyl (C=O) groups is 2. The number of para-hydroxylation sites is 1. The zero-order chi connectivity index (χ0) is 26.3. The second-order valence-corrected chi connectivity index (χ2v) is 10.2. The fraction of sp³-hybridized carbons (Fsp3) is 0.259. The molecule has 1 N–H and O–H groups in total. The Bertz CT molecular complexity index is 1300. The van der Waals surface area contributed by atoms with E-state index >= 15 is 0 Å². The molecule has 1 atom stereocenters. The molecule has 0 bridgehead atoms. The first-order chi connectivity index (χ1) is 17.1. The molecule has 2 amide bonds. The van der Waals surface area contributed by atoms with E-state index in [9.17, 15) is 22.4 Å². The molecule has 0 fully saturated rings. The summed E-state index contributed by atoms with van der Waals surface area (Å²) >= 11 is 0. The van der Waals surface area contributed by atoms with Crippen LogP contribution in [0.3, 0.4) is 0 Å². The summed E-state index contributed by atoms with van der Waals surface area (Å²) < 4.78 is 41.9. The number of nitrogens with zero attached hydrogens (tertiary/aromatic N) is 2. The standard InChI is InChI=1S/C27H30FN3O4S/c1-4-29-27(33)21(3)30(18-22-14-16-23(28)17-15-22)26(32)19-31(25-13-9-8-10-20(25)2)36(34,35)24-11-6-5-7-12-24/h5-17,21H,4,18-19H2,1-3H3,(H,29,33)/t21-/m0/s1. The van der Waals surface area contributed by atoms with Gasteiger partial charge in [-0.15, -0.1) is 0 Å². The van der Waals surface area contributed by atoms with Crippen LogP contribution in [0, 0.1) is 12.7 Å². The average Bonchev–Trinajstić information content (AvgIpc) is 2.87. The van der Waals surface area contributed by atoms with Crippen molar-refractivity contribution in [3.8, 4) is 0 Å². The smallest absolute Gasteiger partial charge is 0.264 e. The molecule has 3 rings (SSSR count). The molecule has 0 saturated heterocycles. The SMILES string of the molecule is CCNC(=O)[C@H](C)N(Cc1ccc(F)cc1)C(=O)CN(c1ccccc1C)S(=O)(=O)c1ccccc1. The third kappa shape index (κ3) is 6.28. The number of nitrogens with one attached hydrogen (secondary N) is 1. The summed E-state index contributed by atoms with van der Waals surface area (Å²) in [6, 6.07) is 19.5. The molecule has 9 heteroatoms. The Morgan fingerprint density at radius 1 is 0.944 bits per heavy atom. The van der Waals surface area contributed by atoms with Crippen LogP contribution in [0.1, 0.15) is 25.0 Å². The average molecular weight is 512 g/mol. The largest absolute Gasteiger partial charge is 0.355 e. The molecule has 0 unspecified atom stereocenters. The van der Waals surface area contributed by atoms with Crippen molar-refractivity contribution in [3.63, 3.8) is 0 Å². The molecule has 0 saturated carbocycles. The lowest BCUT2D eigenvalue weighted by atomic mass is 10.1. The van der Waals surface area contributed by atoms with E-state index in [-0.39, 0.29) is 17.3 Å². The Hall–Kier alpha value is -3.72. The molecule has 3 aromatic rings. The van der Waals surface area contributed by atoms with E-state index < -0.39 is 34.3 Å². The normalized spacial score (nSPS) is 12.0. The van der Waals surface area contributed by atoms with Gasteiger partial charge in [-0.1, -0.05) is 48.5 Å². The van der Waals surface area contributed by atoms with Gasteiger partial charge in [0.05, 0.1) is 10.6 Å². The lowest BCUT2D eigenvalue weighted by molar-refractivity contribution is -0.139. The predicted molar refractivity (Wildman–Crippen MR) is 137 cm³/mol. The number of aryl methyl sites for hydroxylation is 1. The molecule has 0 aliphatic rings. The summed E-state index contributed by atoms with van der Waals surface area (Å²) in [5, 5.41) is 2.70. The highest BCUT2D eigenvalue weighted by molar-refractivity contribution is 7.92. The summed E-state index contributed by atoms with van der Waals surface area (Å²) in [5.74, 6) is -1.37. The molecular weight excluding hydrogens is 481 g/mol. The first-order valence-corrected chi connectivity index (χ1v) is 13.0. The molecule has 0 spiro atoms. The lowest BCUT2D eigenvalue weighted by Crippen LogP contribution is -2.51. The van der Waals surface area contributed by atoms with Gasteiger partial charge in [0.2, 0.25) is 11.8 Å². The van der Waals surface area contributed by atoms with Gasteiger partial charge in [-0.25, -0.2) is 12.8 Å². The number of hydrogen-bond donors (Lipinski definition) is 1. The molecule has 0 aliphatic heterocycles. The van der Waals surface area contributed by atoms with Gasteiger partial charge in [0.1, 0.15) is 18.4 Å². The minimum atomic E-state index is -4.10. The second-order valence-electron chi connectivity index (χ2n) is 8.33. The van der Waals surface area contributed by atoms with Crippen LogP contribution in [0.2, 0.25) is 0 Å². The number of anilines is 1. The van der Waals surface area contributed by atoms with E-state index in [1.807, 2.05) is 0 Å². The molecule has 0 heterocycles. The van der Waals surface area contributed by atoms with Gasteiger partial charge in [-0.2, -0.15) is 0 Å². The molecule has 190 valence electrons. The minimum absolute atomic E-state index is 0.00438. The molecule has 3 aromatic carbocycles. The topological polar surface area (TPSA) is 86.8 Å². The minimum Gasteiger partial charge on any atom is -0.355 e. The first kappa shape index (κ1) is 26.9. The number of benzene rings is 3. The number of sulfonamides is 1. The van der Waals surface area contributed by atoms with E-state index in [2.05, 4.69) is 5.32 Å². The van der Waals surface area contributed by atoms with Gasteiger partial charge < -0.3 is 10.2 Å². The van der Waals surface area contributed by atoms with Gasteiger partial charge >= 0.3 is 0 Å². The van der Waals surface area contributed by atoms with Crippen molar-refractivity contribution >= 4 is 27.5 Å². The van der Waals surface area contributed by atoms with E-state index in [0.717, 1.165) is 4.31 Å². The summed E-state index contributed by atoms with van der Waals surface area (Å²) in [6.07, 6.45) is 0. The highest BCUT2D eigenvalue weighted by atomic mass is 32.2. The second kappa shape index (κ2) is 11.8. The quantitative estimate of drug-likeness (QED) is 0.448. The lowest BCUT2D eigenvalue weighted by Gasteiger charge is -2.32. The number of likely N-dealkylation sites (N-methyl/N-ethyl adjacent to an activating group) is 1. The van der Waals surface area contributed by atoms with Crippen molar-refractivity contribution in [3.05, 3.63) is 95.8 Å². The number of hydrogen-bond acceptors (Lipinski definition) is 4. The van der Waals surface area contributed by atoms with Gasteiger partial charge in [-0.3, -0.25) is 13.9 Å². The highest BCUT2D eigenvalue weighted by Crippen LogP contribution is 2.27. The van der Waals surface area contributed by atoms with Crippen molar-refractivity contribution in [1.82, 2.24) is 10.2 Å². The molecule has 7 nitrogen and oxygen atoms in total. The van der Waals surface area contributed by atoms with Crippen LogP contribution in [-0.4, -0.2) is 44.3 Å². The van der Waals surface area contributed by atoms with Crippen LogP contribution in [0.5, 0.6) is 0 Å². The van der Waals surface area contributed by atoms with Crippen molar-refractivity contribution in [2.45, 2.75) is 38.3 Å². The number of rotatable bonds is 10. The number of halogens is 1. The summed E-state index contributed by atoms with van der Waals surface area (Å²) in [5.41, 5.74) is 1.64. The van der Waals surface area contributed by atoms with Gasteiger partial charge in [0.25, 0.3) is 10.0 Å². The predicted octanol–water partition coefficient (Wildman–Crippen LogP) is 3.88. The van der Waals surface area contributed by atoms with Crippen LogP contribution in [0.15, 0.2) is 83.8 Å². The van der Waals surface area contributed by atoms with Gasteiger partial charge in [-0.05, 0) is 62.2 Å². The van der Waals surface area contributed by atoms with Crippen LogP contribution in [0.4, 0.5) is 10.1 Å². The molecule has 0 aliphatic carbocycles. The zero-order valence-electron chi connectivity index (χ0n) is 20.5. The van der Waals surface area contributed by atoms with Crippen molar-refractivity contribution in [2.75, 3.05) is 17.4 Å². The Morgan fingerprint density at radius 3 is 2.17 bits per heavy atom. The van der Waals surface area contributed by atoms with Gasteiger partial charge in [0, 0.05) is 13.1 Å². The Morgan fingerprint density at radius 2 is 1.56 bits per heavy atom.